The average molecular weight is 224 g/mol. The molecular formula is C12H20N2O2. The van der Waals surface area contributed by atoms with Crippen molar-refractivity contribution in [2.24, 2.45) is 11.1 Å². The second-order valence-corrected chi connectivity index (χ2v) is 5.42. The monoisotopic (exact) mass is 224 g/mol. The summed E-state index contributed by atoms with van der Waals surface area (Å²) in [7, 11) is 0. The molecule has 0 spiro atoms. The number of Topliss-reactive ketones (excluding diaryl/α,β-unsaturated/α-hetero) is 1. The van der Waals surface area contributed by atoms with Crippen LogP contribution in [0.2, 0.25) is 0 Å². The predicted molar refractivity (Wildman–Crippen MR) is 60.8 cm³/mol. The minimum atomic E-state index is -0.360. The van der Waals surface area contributed by atoms with E-state index in [-0.39, 0.29) is 11.3 Å². The fourth-order valence-electron chi connectivity index (χ4n) is 2.80. The lowest BCUT2D eigenvalue weighted by Crippen LogP contribution is -2.41. The van der Waals surface area contributed by atoms with Crippen molar-refractivity contribution in [3.05, 3.63) is 0 Å². The summed E-state index contributed by atoms with van der Waals surface area (Å²) in [4.78, 5) is 24.9. The second-order valence-electron chi connectivity index (χ2n) is 5.42. The van der Waals surface area contributed by atoms with Crippen molar-refractivity contribution >= 4 is 11.7 Å². The highest BCUT2D eigenvalue weighted by molar-refractivity contribution is 5.81. The van der Waals surface area contributed by atoms with E-state index < -0.39 is 0 Å². The summed E-state index contributed by atoms with van der Waals surface area (Å²) in [5.74, 6) is 0.190. The Labute approximate surface area is 96.2 Å². The summed E-state index contributed by atoms with van der Waals surface area (Å²) >= 11 is 0. The number of hydrogen-bond donors (Lipinski definition) is 1. The van der Waals surface area contributed by atoms with Crippen LogP contribution in [0.4, 0.5) is 0 Å². The van der Waals surface area contributed by atoms with E-state index >= 15 is 0 Å². The number of ketones is 1. The fourth-order valence-corrected chi connectivity index (χ4v) is 2.80. The van der Waals surface area contributed by atoms with Crippen molar-refractivity contribution < 1.29 is 9.59 Å². The molecule has 0 radical (unpaired) electrons. The van der Waals surface area contributed by atoms with Crippen LogP contribution in [0.15, 0.2) is 0 Å². The van der Waals surface area contributed by atoms with Gasteiger partial charge in [0.2, 0.25) is 5.91 Å². The topological polar surface area (TPSA) is 63.4 Å². The van der Waals surface area contributed by atoms with Crippen molar-refractivity contribution in [3.63, 3.8) is 0 Å². The molecule has 2 aliphatic rings. The van der Waals surface area contributed by atoms with Crippen molar-refractivity contribution in [1.82, 2.24) is 4.90 Å². The van der Waals surface area contributed by atoms with Crippen LogP contribution in [0.3, 0.4) is 0 Å². The number of carbonyl (C=O) groups excluding carboxylic acids is 2. The van der Waals surface area contributed by atoms with Gasteiger partial charge in [0.25, 0.3) is 0 Å². The molecule has 1 heterocycles. The molecule has 90 valence electrons. The molecule has 4 nitrogen and oxygen atoms in total. The SMILES string of the molecule is CC1(C(N)=O)CCN(C2CCC(=O)CC2)C1. The van der Waals surface area contributed by atoms with E-state index in [2.05, 4.69) is 4.90 Å². The van der Waals surface area contributed by atoms with Gasteiger partial charge in [0, 0.05) is 25.4 Å². The van der Waals surface area contributed by atoms with Gasteiger partial charge in [0.1, 0.15) is 5.78 Å². The Morgan fingerprint density at radius 1 is 1.44 bits per heavy atom. The molecule has 0 aromatic rings. The number of nitrogens with two attached hydrogens (primary N) is 1. The Morgan fingerprint density at radius 3 is 2.56 bits per heavy atom. The van der Waals surface area contributed by atoms with Gasteiger partial charge in [-0.15, -0.1) is 0 Å². The third-order valence-electron chi connectivity index (χ3n) is 4.13. The van der Waals surface area contributed by atoms with Gasteiger partial charge in [-0.2, -0.15) is 0 Å². The molecule has 1 saturated heterocycles. The molecule has 1 amide bonds. The molecule has 0 aromatic heterocycles. The number of rotatable bonds is 2. The Morgan fingerprint density at radius 2 is 2.06 bits per heavy atom. The molecule has 1 atom stereocenters. The Bertz CT molecular complexity index is 306. The molecule has 2 rings (SSSR count). The van der Waals surface area contributed by atoms with Crippen LogP contribution >= 0.6 is 0 Å². The zero-order chi connectivity index (χ0) is 11.8. The Hall–Kier alpha value is -0.900. The number of amides is 1. The third-order valence-corrected chi connectivity index (χ3v) is 4.13. The van der Waals surface area contributed by atoms with Gasteiger partial charge in [0.05, 0.1) is 5.41 Å². The number of carbonyl (C=O) groups is 2. The van der Waals surface area contributed by atoms with Crippen LogP contribution in [0.25, 0.3) is 0 Å². The Kier molecular flexibility index (Phi) is 3.02. The molecule has 0 bridgehead atoms. The number of primary amides is 1. The van der Waals surface area contributed by atoms with Gasteiger partial charge in [-0.25, -0.2) is 0 Å². The lowest BCUT2D eigenvalue weighted by Gasteiger charge is -2.31. The third kappa shape index (κ3) is 2.12. The van der Waals surface area contributed by atoms with Crippen molar-refractivity contribution in [1.29, 1.82) is 0 Å². The first-order valence-electron chi connectivity index (χ1n) is 6.07. The maximum atomic E-state index is 11.3. The van der Waals surface area contributed by atoms with Crippen LogP contribution in [0.1, 0.15) is 39.0 Å². The molecule has 1 aliphatic carbocycles. The quantitative estimate of drug-likeness (QED) is 0.750. The van der Waals surface area contributed by atoms with Crippen LogP contribution in [0, 0.1) is 5.41 Å². The molecule has 16 heavy (non-hydrogen) atoms. The minimum absolute atomic E-state index is 0.193. The number of likely N-dealkylation sites (tertiary alicyclic amines) is 1. The van der Waals surface area contributed by atoms with Gasteiger partial charge in [-0.1, -0.05) is 0 Å². The van der Waals surface area contributed by atoms with E-state index in [0.29, 0.717) is 24.7 Å². The molecule has 1 aliphatic heterocycles. The predicted octanol–water partition coefficient (Wildman–Crippen LogP) is 0.695. The van der Waals surface area contributed by atoms with Gasteiger partial charge in [-0.3, -0.25) is 14.5 Å². The highest BCUT2D eigenvalue weighted by Crippen LogP contribution is 2.33. The molecule has 1 saturated carbocycles. The summed E-state index contributed by atoms with van der Waals surface area (Å²) < 4.78 is 0. The minimum Gasteiger partial charge on any atom is -0.369 e. The molecule has 2 fully saturated rings. The highest BCUT2D eigenvalue weighted by atomic mass is 16.1. The second kappa shape index (κ2) is 4.17. The first-order valence-corrected chi connectivity index (χ1v) is 6.07. The zero-order valence-electron chi connectivity index (χ0n) is 9.87. The maximum absolute atomic E-state index is 11.3. The molecule has 0 aromatic carbocycles. The van der Waals surface area contributed by atoms with Gasteiger partial charge in [0.15, 0.2) is 0 Å². The van der Waals surface area contributed by atoms with Crippen molar-refractivity contribution in [2.45, 2.75) is 45.1 Å². The zero-order valence-corrected chi connectivity index (χ0v) is 9.87. The average Bonchev–Trinajstić information content (AvgIpc) is 2.63. The molecule has 4 heteroatoms. The number of hydrogen-bond acceptors (Lipinski definition) is 3. The largest absolute Gasteiger partial charge is 0.369 e. The van der Waals surface area contributed by atoms with Gasteiger partial charge >= 0.3 is 0 Å². The summed E-state index contributed by atoms with van der Waals surface area (Å²) in [5, 5.41) is 0. The van der Waals surface area contributed by atoms with Crippen LogP contribution in [0.5, 0.6) is 0 Å². The summed E-state index contributed by atoms with van der Waals surface area (Å²) in [6, 6.07) is 0.485. The van der Waals surface area contributed by atoms with E-state index in [4.69, 9.17) is 5.73 Å². The highest BCUT2D eigenvalue weighted by Gasteiger charge is 2.41. The summed E-state index contributed by atoms with van der Waals surface area (Å²) in [5.41, 5.74) is 5.07. The van der Waals surface area contributed by atoms with Crippen LogP contribution < -0.4 is 5.73 Å². The lowest BCUT2D eigenvalue weighted by atomic mass is 9.88. The fraction of sp³-hybridized carbons (Fsp3) is 0.833. The maximum Gasteiger partial charge on any atom is 0.224 e. The van der Waals surface area contributed by atoms with Gasteiger partial charge in [-0.05, 0) is 32.7 Å². The Balaban J connectivity index is 1.94. The summed E-state index contributed by atoms with van der Waals surface area (Å²) in [6.45, 7) is 3.66. The first kappa shape index (κ1) is 11.6. The van der Waals surface area contributed by atoms with Crippen molar-refractivity contribution in [3.8, 4) is 0 Å². The van der Waals surface area contributed by atoms with E-state index in [0.717, 1.165) is 32.4 Å². The van der Waals surface area contributed by atoms with E-state index in [9.17, 15) is 9.59 Å². The van der Waals surface area contributed by atoms with E-state index in [1.807, 2.05) is 6.92 Å². The van der Waals surface area contributed by atoms with E-state index in [1.165, 1.54) is 0 Å². The van der Waals surface area contributed by atoms with Crippen LogP contribution in [-0.2, 0) is 9.59 Å². The molecule has 2 N–H and O–H groups in total. The van der Waals surface area contributed by atoms with Crippen LogP contribution in [-0.4, -0.2) is 35.7 Å². The molecular weight excluding hydrogens is 204 g/mol. The van der Waals surface area contributed by atoms with Gasteiger partial charge < -0.3 is 5.73 Å². The molecule has 1 unspecified atom stereocenters. The smallest absolute Gasteiger partial charge is 0.224 e. The van der Waals surface area contributed by atoms with E-state index in [1.54, 1.807) is 0 Å². The number of nitrogens with zero attached hydrogens (tertiary/aromatic N) is 1. The summed E-state index contributed by atoms with van der Waals surface area (Å²) in [6.07, 6.45) is 4.16. The van der Waals surface area contributed by atoms with Crippen molar-refractivity contribution in [2.75, 3.05) is 13.1 Å². The first-order chi connectivity index (χ1) is 7.51. The standard InChI is InChI=1S/C12H20N2O2/c1-12(11(13)16)6-7-14(8-12)9-2-4-10(15)5-3-9/h9H,2-8H2,1H3,(H2,13,16). The normalized spacial score (nSPS) is 33.2. The lowest BCUT2D eigenvalue weighted by molar-refractivity contribution is -0.126.